The number of hydrogen-bond donors (Lipinski definition) is 1. The molecule has 0 amide bonds. The average molecular weight is 1360 g/mol. The maximum atomic E-state index is 13.0. The van der Waals surface area contributed by atoms with E-state index in [2.05, 4.69) is 26.0 Å². The molecule has 0 aliphatic heterocycles. The molecule has 0 heterocycles. The number of esters is 2. The first-order chi connectivity index (χ1) is 47.1. The molecule has 0 rings (SSSR count). The highest BCUT2D eigenvalue weighted by Crippen LogP contribution is 2.21. The third-order valence-corrected chi connectivity index (χ3v) is 20.3. The van der Waals surface area contributed by atoms with Crippen LogP contribution >= 0.6 is 0 Å². The van der Waals surface area contributed by atoms with Gasteiger partial charge in [0, 0.05) is 12.8 Å². The highest BCUT2D eigenvalue weighted by molar-refractivity contribution is 5.71. The summed E-state index contributed by atoms with van der Waals surface area (Å²) in [5, 5.41) is 9.78. The van der Waals surface area contributed by atoms with Crippen molar-refractivity contribution in [1.29, 1.82) is 0 Å². The number of unbranched alkanes of at least 4 members (excludes halogenated alkanes) is 66. The molecule has 0 aromatic rings. The number of nitrogens with zero attached hydrogens (tertiary/aromatic N) is 1. The van der Waals surface area contributed by atoms with Crippen LogP contribution in [-0.4, -0.2) is 87.4 Å². The van der Waals surface area contributed by atoms with Crippen molar-refractivity contribution >= 4 is 17.9 Å². The van der Waals surface area contributed by atoms with Crippen LogP contribution in [0.15, 0.2) is 12.2 Å². The van der Waals surface area contributed by atoms with E-state index < -0.39 is 18.4 Å². The predicted octanol–water partition coefficient (Wildman–Crippen LogP) is 27.9. The van der Waals surface area contributed by atoms with E-state index in [4.69, 9.17) is 18.9 Å². The number of carbonyl (C=O) groups is 3. The monoisotopic (exact) mass is 1360 g/mol. The second kappa shape index (κ2) is 78.7. The second-order valence-electron chi connectivity index (χ2n) is 31.2. The van der Waals surface area contributed by atoms with Gasteiger partial charge in [0.25, 0.3) is 6.29 Å². The third kappa shape index (κ3) is 79.4. The zero-order valence-electron chi connectivity index (χ0n) is 65.6. The lowest BCUT2D eigenvalue weighted by Crippen LogP contribution is -2.40. The van der Waals surface area contributed by atoms with Gasteiger partial charge in [-0.1, -0.05) is 431 Å². The summed E-state index contributed by atoms with van der Waals surface area (Å²) in [6.45, 7) is 4.98. The van der Waals surface area contributed by atoms with Crippen molar-refractivity contribution in [2.24, 2.45) is 0 Å². The minimum absolute atomic E-state index is 0.172. The highest BCUT2D eigenvalue weighted by Gasteiger charge is 2.25. The van der Waals surface area contributed by atoms with Crippen LogP contribution in [0.1, 0.15) is 470 Å². The third-order valence-electron chi connectivity index (χ3n) is 20.3. The van der Waals surface area contributed by atoms with Crippen molar-refractivity contribution in [1.82, 2.24) is 0 Å². The van der Waals surface area contributed by atoms with E-state index >= 15 is 0 Å². The number of likely N-dealkylation sites (N-methyl/N-ethyl adjacent to an activating group) is 1. The Labute approximate surface area is 599 Å². The van der Waals surface area contributed by atoms with Crippen LogP contribution in [0.5, 0.6) is 0 Å². The molecule has 0 radical (unpaired) electrons. The van der Waals surface area contributed by atoms with Crippen LogP contribution < -0.4 is 0 Å². The fraction of sp³-hybridized carbons (Fsp3) is 0.943. The molecule has 0 bridgehead atoms. The van der Waals surface area contributed by atoms with Gasteiger partial charge < -0.3 is 28.5 Å². The average Bonchev–Trinajstić information content (AvgIpc) is 2.40. The summed E-state index contributed by atoms with van der Waals surface area (Å²) in [4.78, 5) is 37.8. The van der Waals surface area contributed by atoms with Gasteiger partial charge in [-0.2, -0.15) is 0 Å². The van der Waals surface area contributed by atoms with Gasteiger partial charge in [-0.05, 0) is 38.5 Å². The van der Waals surface area contributed by atoms with Crippen LogP contribution in [0.2, 0.25) is 0 Å². The number of quaternary nitrogens is 1. The fourth-order valence-electron chi connectivity index (χ4n) is 13.7. The standard InChI is InChI=1S/C87H169NO8/c1-6-8-10-12-14-16-18-20-22-24-26-28-30-32-34-36-38-40-41-42-43-44-45-46-48-50-52-54-56-58-60-62-64-66-68-70-72-74-76-78-85(90)96-83(82-95-87(86(91)92)93-80-79-88(3,4)5)81-94-84(89)77-75-73-71-69-67-65-63-61-59-57-55-53-51-49-47-39-37-35-33-31-29-27-25-23-21-19-17-15-13-11-9-7-2/h24,26,83,87H,6-23,25,27-82H2,1-5H3/p+1/b26-24-. The largest absolute Gasteiger partial charge is 0.477 e. The van der Waals surface area contributed by atoms with Crippen LogP contribution in [0, 0.1) is 0 Å². The topological polar surface area (TPSA) is 108 Å². The van der Waals surface area contributed by atoms with E-state index in [1.165, 1.54) is 405 Å². The van der Waals surface area contributed by atoms with Crippen molar-refractivity contribution in [2.75, 3.05) is 47.5 Å². The predicted molar refractivity (Wildman–Crippen MR) is 415 cm³/mol. The molecule has 0 aliphatic carbocycles. The molecule has 9 heteroatoms. The number of allylic oxidation sites excluding steroid dienone is 2. The number of rotatable bonds is 83. The molecule has 0 saturated heterocycles. The van der Waals surface area contributed by atoms with Gasteiger partial charge >= 0.3 is 17.9 Å². The summed E-state index contributed by atoms with van der Waals surface area (Å²) in [7, 11) is 6.01. The van der Waals surface area contributed by atoms with E-state index in [1.54, 1.807) is 0 Å². The minimum atomic E-state index is -1.51. The van der Waals surface area contributed by atoms with Crippen molar-refractivity contribution in [3.05, 3.63) is 12.2 Å². The van der Waals surface area contributed by atoms with Gasteiger partial charge in [0.05, 0.1) is 34.4 Å². The molecule has 0 saturated carbocycles. The fourth-order valence-corrected chi connectivity index (χ4v) is 13.7. The number of carbonyl (C=O) groups excluding carboxylic acids is 2. The summed E-state index contributed by atoms with van der Waals surface area (Å²) in [6, 6.07) is 0. The summed E-state index contributed by atoms with van der Waals surface area (Å²) < 4.78 is 23.1. The van der Waals surface area contributed by atoms with Crippen LogP contribution in [0.25, 0.3) is 0 Å². The van der Waals surface area contributed by atoms with Gasteiger partial charge in [0.1, 0.15) is 13.2 Å². The molecule has 0 aliphatic rings. The Morgan fingerprint density at radius 2 is 0.531 bits per heavy atom. The molecule has 2 unspecified atom stereocenters. The minimum Gasteiger partial charge on any atom is -0.477 e. The maximum Gasteiger partial charge on any atom is 0.361 e. The van der Waals surface area contributed by atoms with Crippen LogP contribution in [-0.2, 0) is 33.3 Å². The van der Waals surface area contributed by atoms with Crippen molar-refractivity contribution in [3.63, 3.8) is 0 Å². The lowest BCUT2D eigenvalue weighted by atomic mass is 10.0. The molecule has 96 heavy (non-hydrogen) atoms. The van der Waals surface area contributed by atoms with Gasteiger partial charge in [0.2, 0.25) is 0 Å². The number of carboxylic acids is 1. The number of aliphatic carboxylic acids is 1. The second-order valence-corrected chi connectivity index (χ2v) is 31.2. The van der Waals surface area contributed by atoms with Crippen molar-refractivity contribution in [2.45, 2.75) is 482 Å². The molecule has 570 valence electrons. The van der Waals surface area contributed by atoms with Crippen molar-refractivity contribution in [3.8, 4) is 0 Å². The lowest BCUT2D eigenvalue weighted by molar-refractivity contribution is -0.870. The molecular formula is C87H170NO8+. The van der Waals surface area contributed by atoms with E-state index in [0.29, 0.717) is 17.4 Å². The Morgan fingerprint density at radius 1 is 0.302 bits per heavy atom. The maximum absolute atomic E-state index is 13.0. The normalized spacial score (nSPS) is 12.6. The number of ether oxygens (including phenoxy) is 4. The first kappa shape index (κ1) is 94.0. The summed E-state index contributed by atoms with van der Waals surface area (Å²) >= 11 is 0. The Hall–Kier alpha value is -1.97. The Balaban J connectivity index is 3.90. The first-order valence-electron chi connectivity index (χ1n) is 43.4. The van der Waals surface area contributed by atoms with E-state index in [-0.39, 0.29) is 38.2 Å². The van der Waals surface area contributed by atoms with Crippen molar-refractivity contribution < 1.29 is 42.9 Å². The zero-order valence-corrected chi connectivity index (χ0v) is 65.6. The molecule has 0 spiro atoms. The zero-order chi connectivity index (χ0) is 69.7. The van der Waals surface area contributed by atoms with Crippen LogP contribution in [0.3, 0.4) is 0 Å². The molecule has 0 aromatic carbocycles. The van der Waals surface area contributed by atoms with E-state index in [0.717, 1.165) is 38.5 Å². The van der Waals surface area contributed by atoms with E-state index in [1.807, 2.05) is 21.1 Å². The van der Waals surface area contributed by atoms with Gasteiger partial charge in [0.15, 0.2) is 6.10 Å². The SMILES string of the molecule is CCCCCCCCCC/C=C\CCCCCCCCCCCCCCCCCCCCCCCCCCCCCC(=O)OC(COC(=O)CCCCCCCCCCCCCCCCCCCCCCCCCCCCCCCCCC)COC(OCC[N+](C)(C)C)C(=O)O. The smallest absolute Gasteiger partial charge is 0.361 e. The summed E-state index contributed by atoms with van der Waals surface area (Å²) in [5.74, 6) is -1.96. The molecule has 9 nitrogen and oxygen atoms in total. The van der Waals surface area contributed by atoms with Gasteiger partial charge in [-0.3, -0.25) is 9.59 Å². The molecule has 0 aromatic heterocycles. The number of hydrogen-bond acceptors (Lipinski definition) is 7. The van der Waals surface area contributed by atoms with E-state index in [9.17, 15) is 19.5 Å². The molecule has 0 fully saturated rings. The molecule has 1 N–H and O–H groups in total. The lowest BCUT2D eigenvalue weighted by Gasteiger charge is -2.25. The van der Waals surface area contributed by atoms with Gasteiger partial charge in [-0.15, -0.1) is 0 Å². The Kier molecular flexibility index (Phi) is 77.1. The first-order valence-corrected chi connectivity index (χ1v) is 43.4. The summed E-state index contributed by atoms with van der Waals surface area (Å²) in [5.41, 5.74) is 0. The van der Waals surface area contributed by atoms with Gasteiger partial charge in [-0.25, -0.2) is 4.79 Å². The highest BCUT2D eigenvalue weighted by atomic mass is 16.7. The Morgan fingerprint density at radius 3 is 0.771 bits per heavy atom. The molecule has 2 atom stereocenters. The van der Waals surface area contributed by atoms with Crippen LogP contribution in [0.4, 0.5) is 0 Å². The summed E-state index contributed by atoms with van der Waals surface area (Å²) in [6.07, 6.45) is 97.0. The quantitative estimate of drug-likeness (QED) is 0.0211. The Bertz CT molecular complexity index is 1580. The number of carboxylic acid groups (broad SMARTS) is 1. The molecular weight excluding hydrogens is 1190 g/mol.